The van der Waals surface area contributed by atoms with Crippen molar-refractivity contribution in [1.29, 1.82) is 0 Å². The van der Waals surface area contributed by atoms with E-state index in [0.717, 1.165) is 11.1 Å². The molecular formula is C21H25NO5. The Kier molecular flexibility index (Phi) is 5.98. The number of ether oxygens (including phenoxy) is 3. The Balaban J connectivity index is 2.02. The van der Waals surface area contributed by atoms with Crippen LogP contribution in [0, 0.1) is 6.92 Å². The summed E-state index contributed by atoms with van der Waals surface area (Å²) in [6.45, 7) is 2.56. The van der Waals surface area contributed by atoms with Crippen molar-refractivity contribution < 1.29 is 24.1 Å². The molecule has 6 nitrogen and oxygen atoms in total. The number of hydrogen-bond acceptors (Lipinski definition) is 5. The number of methoxy groups -OCH3 is 2. The van der Waals surface area contributed by atoms with E-state index in [1.807, 2.05) is 43.3 Å². The predicted molar refractivity (Wildman–Crippen MR) is 101 cm³/mol. The van der Waals surface area contributed by atoms with Crippen molar-refractivity contribution in [3.63, 3.8) is 0 Å². The molecule has 6 heteroatoms. The number of aliphatic hydroxyl groups is 1. The molecule has 0 saturated carbocycles. The van der Waals surface area contributed by atoms with E-state index in [4.69, 9.17) is 14.2 Å². The quantitative estimate of drug-likeness (QED) is 0.875. The fraction of sp³-hybridized carbons (Fsp3) is 0.381. The molecular weight excluding hydrogens is 346 g/mol. The Morgan fingerprint density at radius 2 is 1.93 bits per heavy atom. The summed E-state index contributed by atoms with van der Waals surface area (Å²) in [5, 5.41) is 9.86. The van der Waals surface area contributed by atoms with Gasteiger partial charge in [0.1, 0.15) is 6.10 Å². The van der Waals surface area contributed by atoms with E-state index in [0.29, 0.717) is 30.2 Å². The lowest BCUT2D eigenvalue weighted by molar-refractivity contribution is -0.0812. The highest BCUT2D eigenvalue weighted by molar-refractivity contribution is 5.96. The van der Waals surface area contributed by atoms with E-state index >= 15 is 0 Å². The van der Waals surface area contributed by atoms with Gasteiger partial charge in [0.05, 0.1) is 33.5 Å². The molecule has 0 radical (unpaired) electrons. The summed E-state index contributed by atoms with van der Waals surface area (Å²) in [5.74, 6) is 1.10. The fourth-order valence-electron chi connectivity index (χ4n) is 3.51. The van der Waals surface area contributed by atoms with Gasteiger partial charge in [-0.2, -0.15) is 0 Å². The van der Waals surface area contributed by atoms with Crippen molar-refractivity contribution >= 4 is 5.91 Å². The average molecular weight is 371 g/mol. The minimum absolute atomic E-state index is 0.0744. The summed E-state index contributed by atoms with van der Waals surface area (Å²) >= 11 is 0. The number of benzene rings is 2. The van der Waals surface area contributed by atoms with Gasteiger partial charge in [0.25, 0.3) is 5.91 Å². The molecule has 2 atom stereocenters. The van der Waals surface area contributed by atoms with E-state index < -0.39 is 12.1 Å². The maximum Gasteiger partial charge on any atom is 0.254 e. The molecule has 3 rings (SSSR count). The molecule has 1 aliphatic heterocycles. The van der Waals surface area contributed by atoms with Gasteiger partial charge in [-0.15, -0.1) is 0 Å². The number of carbonyl (C=O) groups excluding carboxylic acids is 1. The highest BCUT2D eigenvalue weighted by atomic mass is 16.5. The van der Waals surface area contributed by atoms with Gasteiger partial charge in [-0.05, 0) is 36.2 Å². The van der Waals surface area contributed by atoms with Crippen molar-refractivity contribution in [2.75, 3.05) is 34.0 Å². The van der Waals surface area contributed by atoms with Crippen molar-refractivity contribution in [2.24, 2.45) is 0 Å². The summed E-state index contributed by atoms with van der Waals surface area (Å²) < 4.78 is 16.5. The molecule has 1 heterocycles. The molecule has 1 N–H and O–H groups in total. The molecule has 0 unspecified atom stereocenters. The van der Waals surface area contributed by atoms with Gasteiger partial charge in [0.2, 0.25) is 0 Å². The van der Waals surface area contributed by atoms with Crippen molar-refractivity contribution in [1.82, 2.24) is 4.90 Å². The van der Waals surface area contributed by atoms with Crippen LogP contribution in [0.3, 0.4) is 0 Å². The molecule has 1 fully saturated rings. The van der Waals surface area contributed by atoms with Gasteiger partial charge in [-0.25, -0.2) is 0 Å². The van der Waals surface area contributed by atoms with Crippen LogP contribution in [-0.4, -0.2) is 56.0 Å². The van der Waals surface area contributed by atoms with E-state index in [2.05, 4.69) is 0 Å². The van der Waals surface area contributed by atoms with Crippen LogP contribution in [-0.2, 0) is 4.74 Å². The maximum atomic E-state index is 13.3. The van der Waals surface area contributed by atoms with E-state index in [9.17, 15) is 9.90 Å². The second kappa shape index (κ2) is 8.41. The Morgan fingerprint density at radius 1 is 1.19 bits per heavy atom. The number of aryl methyl sites for hydroxylation is 1. The lowest BCUT2D eigenvalue weighted by Gasteiger charge is -2.41. The van der Waals surface area contributed by atoms with Crippen LogP contribution in [0.15, 0.2) is 42.5 Å². The second-order valence-electron chi connectivity index (χ2n) is 6.46. The van der Waals surface area contributed by atoms with Gasteiger partial charge >= 0.3 is 0 Å². The first-order chi connectivity index (χ1) is 13.1. The standard InChI is InChI=1S/C21H25NO5/c1-14-6-4-5-7-16(14)21(24)22-10-11-27-19(13-23)20(22)15-8-9-17(25-2)18(12-15)26-3/h4-9,12,19-20,23H,10-11,13H2,1-3H3/t19-,20-/m1/s1. The molecule has 2 aromatic carbocycles. The van der Waals surface area contributed by atoms with Crippen LogP contribution >= 0.6 is 0 Å². The normalized spacial score (nSPS) is 19.6. The van der Waals surface area contributed by atoms with Crippen LogP contribution < -0.4 is 9.47 Å². The molecule has 2 aromatic rings. The topological polar surface area (TPSA) is 68.2 Å². The summed E-state index contributed by atoms with van der Waals surface area (Å²) in [7, 11) is 3.14. The van der Waals surface area contributed by atoms with Gasteiger partial charge in [0.15, 0.2) is 11.5 Å². The Morgan fingerprint density at radius 3 is 2.59 bits per heavy atom. The zero-order chi connectivity index (χ0) is 19.4. The smallest absolute Gasteiger partial charge is 0.254 e. The summed E-state index contributed by atoms with van der Waals surface area (Å²) in [4.78, 5) is 15.0. The number of aliphatic hydroxyl groups excluding tert-OH is 1. The van der Waals surface area contributed by atoms with Crippen molar-refractivity contribution in [3.8, 4) is 11.5 Å². The third-order valence-corrected chi connectivity index (χ3v) is 4.92. The highest BCUT2D eigenvalue weighted by Crippen LogP contribution is 2.36. The first-order valence-corrected chi connectivity index (χ1v) is 8.91. The maximum absolute atomic E-state index is 13.3. The zero-order valence-corrected chi connectivity index (χ0v) is 15.8. The summed E-state index contributed by atoms with van der Waals surface area (Å²) in [6, 6.07) is 12.6. The van der Waals surface area contributed by atoms with E-state index in [1.165, 1.54) is 0 Å². The van der Waals surface area contributed by atoms with Gasteiger partial charge in [-0.1, -0.05) is 24.3 Å². The van der Waals surface area contributed by atoms with Gasteiger partial charge < -0.3 is 24.2 Å². The van der Waals surface area contributed by atoms with Crippen LogP contribution in [0.5, 0.6) is 11.5 Å². The Labute approximate surface area is 159 Å². The minimum Gasteiger partial charge on any atom is -0.493 e. The largest absolute Gasteiger partial charge is 0.493 e. The third kappa shape index (κ3) is 3.77. The lowest BCUT2D eigenvalue weighted by Crippen LogP contribution is -2.49. The summed E-state index contributed by atoms with van der Waals surface area (Å²) in [5.41, 5.74) is 2.40. The minimum atomic E-state index is -0.509. The van der Waals surface area contributed by atoms with E-state index in [-0.39, 0.29) is 12.5 Å². The molecule has 0 bridgehead atoms. The molecule has 0 aromatic heterocycles. The molecule has 144 valence electrons. The number of nitrogens with zero attached hydrogens (tertiary/aromatic N) is 1. The van der Waals surface area contributed by atoms with Crippen LogP contribution in [0.25, 0.3) is 0 Å². The molecule has 1 aliphatic rings. The lowest BCUT2D eigenvalue weighted by atomic mass is 9.96. The third-order valence-electron chi connectivity index (χ3n) is 4.92. The SMILES string of the molecule is COc1ccc([C@@H]2[C@@H](CO)OCCN2C(=O)c2ccccc2C)cc1OC. The number of hydrogen-bond donors (Lipinski definition) is 1. The zero-order valence-electron chi connectivity index (χ0n) is 15.8. The molecule has 1 saturated heterocycles. The summed E-state index contributed by atoms with van der Waals surface area (Å²) in [6.07, 6.45) is -0.509. The average Bonchev–Trinajstić information content (AvgIpc) is 2.72. The number of carbonyl (C=O) groups is 1. The first-order valence-electron chi connectivity index (χ1n) is 8.91. The van der Waals surface area contributed by atoms with Crippen molar-refractivity contribution in [2.45, 2.75) is 19.1 Å². The number of morpholine rings is 1. The molecule has 0 aliphatic carbocycles. The van der Waals surface area contributed by atoms with Crippen LogP contribution in [0.2, 0.25) is 0 Å². The second-order valence-corrected chi connectivity index (χ2v) is 6.46. The van der Waals surface area contributed by atoms with Crippen LogP contribution in [0.1, 0.15) is 27.5 Å². The molecule has 27 heavy (non-hydrogen) atoms. The number of amides is 1. The molecule has 1 amide bonds. The monoisotopic (exact) mass is 371 g/mol. The van der Waals surface area contributed by atoms with Gasteiger partial charge in [-0.3, -0.25) is 4.79 Å². The fourth-order valence-corrected chi connectivity index (χ4v) is 3.51. The van der Waals surface area contributed by atoms with Crippen LogP contribution in [0.4, 0.5) is 0 Å². The Bertz CT molecular complexity index is 807. The Hall–Kier alpha value is -2.57. The molecule has 0 spiro atoms. The van der Waals surface area contributed by atoms with Gasteiger partial charge in [0, 0.05) is 12.1 Å². The predicted octanol–water partition coefficient (Wildman–Crippen LogP) is 2.59. The number of rotatable bonds is 5. The first kappa shape index (κ1) is 19.2. The van der Waals surface area contributed by atoms with Crippen molar-refractivity contribution in [3.05, 3.63) is 59.2 Å². The van der Waals surface area contributed by atoms with E-state index in [1.54, 1.807) is 25.2 Å². The highest BCUT2D eigenvalue weighted by Gasteiger charge is 2.37.